The summed E-state index contributed by atoms with van der Waals surface area (Å²) in [5.41, 5.74) is 3.80. The van der Waals surface area contributed by atoms with Gasteiger partial charge in [-0.2, -0.15) is 5.11 Å². The van der Waals surface area contributed by atoms with Crippen molar-refractivity contribution < 1.29 is 19.1 Å². The molecule has 0 unspecified atom stereocenters. The average molecular weight is 412 g/mol. The maximum absolute atomic E-state index is 11.7. The summed E-state index contributed by atoms with van der Waals surface area (Å²) < 4.78 is 10.2. The van der Waals surface area contributed by atoms with Crippen molar-refractivity contribution in [3.63, 3.8) is 0 Å². The van der Waals surface area contributed by atoms with Crippen LogP contribution >= 0.6 is 0 Å². The second-order valence-electron chi connectivity index (χ2n) is 6.74. The first kappa shape index (κ1) is 23.0. The van der Waals surface area contributed by atoms with Gasteiger partial charge >= 0.3 is 5.97 Å². The number of aryl methyl sites for hydroxylation is 1. The molecule has 0 aliphatic rings. The van der Waals surface area contributed by atoms with Crippen LogP contribution in [0.5, 0.6) is 0 Å². The van der Waals surface area contributed by atoms with Gasteiger partial charge in [0.05, 0.1) is 24.5 Å². The number of methoxy groups -OCH3 is 1. The van der Waals surface area contributed by atoms with Gasteiger partial charge in [0.15, 0.2) is 0 Å². The van der Waals surface area contributed by atoms with Crippen molar-refractivity contribution in [2.75, 3.05) is 43.6 Å². The van der Waals surface area contributed by atoms with Crippen molar-refractivity contribution in [3.8, 4) is 0 Å². The first-order valence-electron chi connectivity index (χ1n) is 9.66. The third-order valence-electron chi connectivity index (χ3n) is 4.20. The molecule has 1 amide bonds. The van der Waals surface area contributed by atoms with Crippen molar-refractivity contribution in [2.45, 2.75) is 20.8 Å². The van der Waals surface area contributed by atoms with Crippen molar-refractivity contribution in [1.82, 2.24) is 0 Å². The fourth-order valence-corrected chi connectivity index (χ4v) is 2.69. The molecule has 0 aromatic heterocycles. The number of anilines is 2. The molecular weight excluding hydrogens is 384 g/mol. The van der Waals surface area contributed by atoms with E-state index in [0.29, 0.717) is 31.1 Å². The zero-order chi connectivity index (χ0) is 21.9. The Morgan fingerprint density at radius 3 is 2.33 bits per heavy atom. The molecule has 0 heterocycles. The Balaban J connectivity index is 2.27. The number of carbonyl (C=O) groups excluding carboxylic acids is 2. The Morgan fingerprint density at radius 2 is 1.70 bits per heavy atom. The number of hydrogen-bond acceptors (Lipinski definition) is 7. The normalized spacial score (nSPS) is 10.8. The van der Waals surface area contributed by atoms with Gasteiger partial charge < -0.3 is 19.7 Å². The Morgan fingerprint density at radius 1 is 1.00 bits per heavy atom. The Bertz CT molecular complexity index is 881. The molecule has 2 aromatic carbocycles. The summed E-state index contributed by atoms with van der Waals surface area (Å²) in [6.07, 6.45) is 0. The number of ether oxygens (including phenoxy) is 2. The molecule has 2 aromatic rings. The van der Waals surface area contributed by atoms with Crippen LogP contribution in [0.4, 0.5) is 22.7 Å². The van der Waals surface area contributed by atoms with Gasteiger partial charge in [-0.15, -0.1) is 5.11 Å². The second-order valence-corrected chi connectivity index (χ2v) is 6.74. The molecule has 160 valence electrons. The molecule has 0 spiro atoms. The van der Waals surface area contributed by atoms with Crippen LogP contribution in [0.25, 0.3) is 0 Å². The van der Waals surface area contributed by atoms with E-state index >= 15 is 0 Å². The van der Waals surface area contributed by atoms with E-state index < -0.39 is 0 Å². The van der Waals surface area contributed by atoms with E-state index in [2.05, 4.69) is 15.5 Å². The number of amides is 1. The van der Waals surface area contributed by atoms with Crippen molar-refractivity contribution >= 4 is 34.6 Å². The summed E-state index contributed by atoms with van der Waals surface area (Å²) in [5, 5.41) is 11.4. The summed E-state index contributed by atoms with van der Waals surface area (Å²) in [6.45, 7) is 6.67. The summed E-state index contributed by atoms with van der Waals surface area (Å²) in [7, 11) is 1.63. The lowest BCUT2D eigenvalue weighted by Crippen LogP contribution is -2.31. The van der Waals surface area contributed by atoms with Crippen LogP contribution in [0.2, 0.25) is 0 Å². The lowest BCUT2D eigenvalue weighted by Gasteiger charge is -2.25. The standard InChI is InChI=1S/C22H28N4O4/c1-16-5-7-19(8-6-16)24-25-21-10-9-20(15-22(21)23-17(2)27)26(11-13-29-4)12-14-30-18(3)28/h5-10,15H,11-14H2,1-4H3,(H,23,27). The molecule has 0 fully saturated rings. The van der Waals surface area contributed by atoms with Crippen LogP contribution in [0, 0.1) is 6.92 Å². The van der Waals surface area contributed by atoms with Gasteiger partial charge in [-0.3, -0.25) is 9.59 Å². The highest BCUT2D eigenvalue weighted by Crippen LogP contribution is 2.31. The average Bonchev–Trinajstić information content (AvgIpc) is 2.70. The number of nitrogens with one attached hydrogen (secondary N) is 1. The molecule has 0 saturated heterocycles. The minimum Gasteiger partial charge on any atom is -0.464 e. The Hall–Kier alpha value is -3.26. The monoisotopic (exact) mass is 412 g/mol. The van der Waals surface area contributed by atoms with Crippen LogP contribution in [0.1, 0.15) is 19.4 Å². The number of hydrogen-bond donors (Lipinski definition) is 1. The fraction of sp³-hybridized carbons (Fsp3) is 0.364. The minimum atomic E-state index is -0.326. The van der Waals surface area contributed by atoms with E-state index in [1.165, 1.54) is 13.8 Å². The van der Waals surface area contributed by atoms with Crippen LogP contribution in [0.15, 0.2) is 52.7 Å². The summed E-state index contributed by atoms with van der Waals surface area (Å²) in [4.78, 5) is 24.8. The summed E-state index contributed by atoms with van der Waals surface area (Å²) >= 11 is 0. The Labute approximate surface area is 176 Å². The zero-order valence-electron chi connectivity index (χ0n) is 17.8. The molecule has 0 bridgehead atoms. The zero-order valence-corrected chi connectivity index (χ0v) is 17.8. The maximum atomic E-state index is 11.7. The van der Waals surface area contributed by atoms with Gasteiger partial charge in [-0.1, -0.05) is 17.7 Å². The lowest BCUT2D eigenvalue weighted by atomic mass is 10.2. The number of benzene rings is 2. The summed E-state index contributed by atoms with van der Waals surface area (Å²) in [6, 6.07) is 13.2. The molecule has 0 saturated carbocycles. The second kappa shape index (κ2) is 11.7. The number of nitrogens with zero attached hydrogens (tertiary/aromatic N) is 3. The van der Waals surface area contributed by atoms with Crippen molar-refractivity contribution in [2.24, 2.45) is 10.2 Å². The maximum Gasteiger partial charge on any atom is 0.302 e. The molecule has 8 nitrogen and oxygen atoms in total. The highest BCUT2D eigenvalue weighted by atomic mass is 16.5. The molecule has 0 aliphatic carbocycles. The quantitative estimate of drug-likeness (QED) is 0.462. The predicted octanol–water partition coefficient (Wildman–Crippen LogP) is 4.38. The number of carbonyl (C=O) groups is 2. The first-order chi connectivity index (χ1) is 14.4. The van der Waals surface area contributed by atoms with Gasteiger partial charge in [0.2, 0.25) is 5.91 Å². The van der Waals surface area contributed by atoms with E-state index in [-0.39, 0.29) is 18.5 Å². The molecule has 30 heavy (non-hydrogen) atoms. The highest BCUT2D eigenvalue weighted by molar-refractivity contribution is 5.93. The Kier molecular flexibility index (Phi) is 8.96. The van der Waals surface area contributed by atoms with E-state index in [1.54, 1.807) is 13.2 Å². The van der Waals surface area contributed by atoms with Crippen LogP contribution in [-0.4, -0.2) is 45.3 Å². The van der Waals surface area contributed by atoms with Crippen molar-refractivity contribution in [3.05, 3.63) is 48.0 Å². The van der Waals surface area contributed by atoms with Gasteiger partial charge in [0.25, 0.3) is 0 Å². The molecular formula is C22H28N4O4. The fourth-order valence-electron chi connectivity index (χ4n) is 2.69. The SMILES string of the molecule is COCCN(CCOC(C)=O)c1ccc(N=Nc2ccc(C)cc2)c(NC(C)=O)c1. The number of esters is 1. The number of azo groups is 1. The van der Waals surface area contributed by atoms with Crippen molar-refractivity contribution in [1.29, 1.82) is 0 Å². The van der Waals surface area contributed by atoms with Gasteiger partial charge in [-0.25, -0.2) is 0 Å². The smallest absolute Gasteiger partial charge is 0.302 e. The van der Waals surface area contributed by atoms with E-state index in [1.807, 2.05) is 48.2 Å². The van der Waals surface area contributed by atoms with Crippen LogP contribution in [-0.2, 0) is 19.1 Å². The van der Waals surface area contributed by atoms with E-state index in [4.69, 9.17) is 9.47 Å². The van der Waals surface area contributed by atoms with Gasteiger partial charge in [0, 0.05) is 33.2 Å². The van der Waals surface area contributed by atoms with Crippen LogP contribution in [0.3, 0.4) is 0 Å². The summed E-state index contributed by atoms with van der Waals surface area (Å²) in [5.74, 6) is -0.533. The van der Waals surface area contributed by atoms with E-state index in [9.17, 15) is 9.59 Å². The van der Waals surface area contributed by atoms with E-state index in [0.717, 1.165) is 16.9 Å². The predicted molar refractivity (Wildman–Crippen MR) is 117 cm³/mol. The third-order valence-corrected chi connectivity index (χ3v) is 4.20. The molecule has 0 aliphatic heterocycles. The largest absolute Gasteiger partial charge is 0.464 e. The molecule has 0 atom stereocenters. The van der Waals surface area contributed by atoms with Gasteiger partial charge in [-0.05, 0) is 37.3 Å². The topological polar surface area (TPSA) is 92.6 Å². The van der Waals surface area contributed by atoms with Gasteiger partial charge in [0.1, 0.15) is 12.3 Å². The highest BCUT2D eigenvalue weighted by Gasteiger charge is 2.12. The first-order valence-corrected chi connectivity index (χ1v) is 9.66. The minimum absolute atomic E-state index is 0.206. The number of rotatable bonds is 10. The molecule has 8 heteroatoms. The third kappa shape index (κ3) is 7.63. The molecule has 2 rings (SSSR count). The molecule has 0 radical (unpaired) electrons. The van der Waals surface area contributed by atoms with Crippen LogP contribution < -0.4 is 10.2 Å². The molecule has 1 N–H and O–H groups in total. The lowest BCUT2D eigenvalue weighted by molar-refractivity contribution is -0.140.